The number of amides is 1. The standard InChI is InChI=1S/C21H21ClN4O2/c1-4-28-19-8-6-5-7-17(19)26-21(27)18-12-20(24-14(3)23-18)25-15-10-9-13(2)16(22)11-15/h5-12H,4H2,1-3H3,(H,26,27)(H,23,24,25). The number of nitrogens with one attached hydrogen (secondary N) is 2. The van der Waals surface area contributed by atoms with Crippen molar-refractivity contribution in [3.05, 3.63) is 70.6 Å². The Balaban J connectivity index is 1.82. The molecule has 3 aromatic rings. The van der Waals surface area contributed by atoms with E-state index in [1.54, 1.807) is 25.1 Å². The van der Waals surface area contributed by atoms with E-state index in [9.17, 15) is 4.79 Å². The van der Waals surface area contributed by atoms with Crippen LogP contribution in [0.4, 0.5) is 17.2 Å². The Morgan fingerprint density at radius 1 is 1.11 bits per heavy atom. The summed E-state index contributed by atoms with van der Waals surface area (Å²) in [7, 11) is 0. The second-order valence-corrected chi connectivity index (χ2v) is 6.57. The van der Waals surface area contributed by atoms with Crippen LogP contribution in [0.25, 0.3) is 0 Å². The number of aryl methyl sites for hydroxylation is 2. The number of carbonyl (C=O) groups excluding carboxylic acids is 1. The normalized spacial score (nSPS) is 10.4. The fraction of sp³-hybridized carbons (Fsp3) is 0.190. The van der Waals surface area contributed by atoms with Crippen molar-refractivity contribution in [3.8, 4) is 5.75 Å². The minimum absolute atomic E-state index is 0.250. The molecule has 7 heteroatoms. The van der Waals surface area contributed by atoms with Crippen molar-refractivity contribution in [2.24, 2.45) is 0 Å². The molecule has 2 aromatic carbocycles. The molecule has 0 aliphatic carbocycles. The van der Waals surface area contributed by atoms with Gasteiger partial charge in [0.05, 0.1) is 12.3 Å². The van der Waals surface area contributed by atoms with E-state index in [0.717, 1.165) is 11.3 Å². The van der Waals surface area contributed by atoms with Gasteiger partial charge in [-0.05, 0) is 50.6 Å². The molecular weight excluding hydrogens is 376 g/mol. The lowest BCUT2D eigenvalue weighted by molar-refractivity contribution is 0.102. The van der Waals surface area contributed by atoms with Crippen LogP contribution in [0.1, 0.15) is 28.8 Å². The molecule has 0 bridgehead atoms. The first-order chi connectivity index (χ1) is 13.5. The molecule has 28 heavy (non-hydrogen) atoms. The van der Waals surface area contributed by atoms with Crippen LogP contribution in [0.3, 0.4) is 0 Å². The highest BCUT2D eigenvalue weighted by Gasteiger charge is 2.13. The number of anilines is 3. The number of carbonyl (C=O) groups is 1. The van der Waals surface area contributed by atoms with Crippen molar-refractivity contribution in [1.82, 2.24) is 9.97 Å². The van der Waals surface area contributed by atoms with Crippen LogP contribution in [-0.2, 0) is 0 Å². The van der Waals surface area contributed by atoms with Crippen molar-refractivity contribution >= 4 is 34.7 Å². The zero-order chi connectivity index (χ0) is 20.1. The molecule has 0 saturated carbocycles. The van der Waals surface area contributed by atoms with Gasteiger partial charge in [0.15, 0.2) is 0 Å². The minimum Gasteiger partial charge on any atom is -0.492 e. The molecule has 0 spiro atoms. The Kier molecular flexibility index (Phi) is 6.11. The van der Waals surface area contributed by atoms with Crippen molar-refractivity contribution < 1.29 is 9.53 Å². The lowest BCUT2D eigenvalue weighted by Gasteiger charge is -2.12. The second-order valence-electron chi connectivity index (χ2n) is 6.16. The van der Waals surface area contributed by atoms with Gasteiger partial charge in [0.1, 0.15) is 23.1 Å². The molecule has 0 radical (unpaired) electrons. The summed E-state index contributed by atoms with van der Waals surface area (Å²) in [6, 6.07) is 14.5. The van der Waals surface area contributed by atoms with Crippen molar-refractivity contribution in [1.29, 1.82) is 0 Å². The van der Waals surface area contributed by atoms with E-state index >= 15 is 0 Å². The Morgan fingerprint density at radius 3 is 2.64 bits per heavy atom. The smallest absolute Gasteiger partial charge is 0.274 e. The molecule has 0 atom stereocenters. The Bertz CT molecular complexity index is 1010. The van der Waals surface area contributed by atoms with E-state index in [-0.39, 0.29) is 11.6 Å². The molecule has 1 heterocycles. The molecule has 2 N–H and O–H groups in total. The van der Waals surface area contributed by atoms with Gasteiger partial charge < -0.3 is 15.4 Å². The molecule has 144 valence electrons. The number of halogens is 1. The van der Waals surface area contributed by atoms with Gasteiger partial charge in [-0.3, -0.25) is 4.79 Å². The summed E-state index contributed by atoms with van der Waals surface area (Å²) < 4.78 is 5.55. The largest absolute Gasteiger partial charge is 0.492 e. The van der Waals surface area contributed by atoms with E-state index in [1.807, 2.05) is 44.2 Å². The van der Waals surface area contributed by atoms with E-state index in [4.69, 9.17) is 16.3 Å². The van der Waals surface area contributed by atoms with Crippen LogP contribution >= 0.6 is 11.6 Å². The fourth-order valence-corrected chi connectivity index (χ4v) is 2.78. The number of rotatable bonds is 6. The highest BCUT2D eigenvalue weighted by molar-refractivity contribution is 6.31. The third-order valence-corrected chi connectivity index (χ3v) is 4.36. The number of ether oxygens (including phenoxy) is 1. The van der Waals surface area contributed by atoms with E-state index in [2.05, 4.69) is 20.6 Å². The predicted octanol–water partition coefficient (Wildman–Crippen LogP) is 5.14. The second kappa shape index (κ2) is 8.71. The number of benzene rings is 2. The molecule has 0 fully saturated rings. The summed E-state index contributed by atoms with van der Waals surface area (Å²) >= 11 is 6.18. The first-order valence-electron chi connectivity index (χ1n) is 8.88. The quantitative estimate of drug-likeness (QED) is 0.603. The van der Waals surface area contributed by atoms with Crippen LogP contribution in [0.15, 0.2) is 48.5 Å². The van der Waals surface area contributed by atoms with E-state index in [0.29, 0.717) is 34.7 Å². The Morgan fingerprint density at radius 2 is 1.89 bits per heavy atom. The molecular formula is C21H21ClN4O2. The molecule has 6 nitrogen and oxygen atoms in total. The van der Waals surface area contributed by atoms with Gasteiger partial charge in [-0.2, -0.15) is 0 Å². The van der Waals surface area contributed by atoms with E-state index < -0.39 is 0 Å². The number of para-hydroxylation sites is 2. The van der Waals surface area contributed by atoms with Gasteiger partial charge in [-0.1, -0.05) is 29.8 Å². The fourth-order valence-electron chi connectivity index (χ4n) is 2.60. The van der Waals surface area contributed by atoms with Gasteiger partial charge in [-0.25, -0.2) is 9.97 Å². The summed E-state index contributed by atoms with van der Waals surface area (Å²) in [5, 5.41) is 6.66. The molecule has 3 rings (SSSR count). The Labute approximate surface area is 168 Å². The van der Waals surface area contributed by atoms with Crippen LogP contribution in [-0.4, -0.2) is 22.5 Å². The highest BCUT2D eigenvalue weighted by atomic mass is 35.5. The average Bonchev–Trinajstić information content (AvgIpc) is 2.66. The van der Waals surface area contributed by atoms with Crippen LogP contribution in [0.5, 0.6) is 5.75 Å². The first kappa shape index (κ1) is 19.6. The third-order valence-electron chi connectivity index (χ3n) is 3.95. The van der Waals surface area contributed by atoms with Crippen molar-refractivity contribution in [3.63, 3.8) is 0 Å². The zero-order valence-electron chi connectivity index (χ0n) is 15.9. The number of hydrogen-bond donors (Lipinski definition) is 2. The van der Waals surface area contributed by atoms with Gasteiger partial charge in [0, 0.05) is 16.8 Å². The van der Waals surface area contributed by atoms with E-state index in [1.165, 1.54) is 0 Å². The lowest BCUT2D eigenvalue weighted by Crippen LogP contribution is -2.16. The number of nitrogens with zero attached hydrogens (tertiary/aromatic N) is 2. The predicted molar refractivity (Wildman–Crippen MR) is 112 cm³/mol. The van der Waals surface area contributed by atoms with Crippen molar-refractivity contribution in [2.75, 3.05) is 17.2 Å². The van der Waals surface area contributed by atoms with Gasteiger partial charge in [0.25, 0.3) is 5.91 Å². The maximum Gasteiger partial charge on any atom is 0.274 e. The summed E-state index contributed by atoms with van der Waals surface area (Å²) in [5.41, 5.74) is 2.60. The van der Waals surface area contributed by atoms with Gasteiger partial charge in [0.2, 0.25) is 0 Å². The SMILES string of the molecule is CCOc1ccccc1NC(=O)c1cc(Nc2ccc(C)c(Cl)c2)nc(C)n1. The third kappa shape index (κ3) is 4.78. The number of hydrogen-bond acceptors (Lipinski definition) is 5. The monoisotopic (exact) mass is 396 g/mol. The molecule has 1 amide bonds. The van der Waals surface area contributed by atoms with Crippen LogP contribution in [0, 0.1) is 13.8 Å². The highest BCUT2D eigenvalue weighted by Crippen LogP contribution is 2.25. The maximum absolute atomic E-state index is 12.7. The zero-order valence-corrected chi connectivity index (χ0v) is 16.7. The van der Waals surface area contributed by atoms with Crippen LogP contribution in [0.2, 0.25) is 5.02 Å². The summed E-state index contributed by atoms with van der Waals surface area (Å²) in [6.07, 6.45) is 0. The Hall–Kier alpha value is -3.12. The molecule has 0 unspecified atom stereocenters. The molecule has 0 aliphatic rings. The molecule has 0 aliphatic heterocycles. The van der Waals surface area contributed by atoms with Crippen LogP contribution < -0.4 is 15.4 Å². The first-order valence-corrected chi connectivity index (χ1v) is 9.26. The summed E-state index contributed by atoms with van der Waals surface area (Å²) in [4.78, 5) is 21.3. The average molecular weight is 397 g/mol. The van der Waals surface area contributed by atoms with Crippen molar-refractivity contribution in [2.45, 2.75) is 20.8 Å². The number of aromatic nitrogens is 2. The van der Waals surface area contributed by atoms with Gasteiger partial charge in [-0.15, -0.1) is 0 Å². The molecule has 0 saturated heterocycles. The maximum atomic E-state index is 12.7. The summed E-state index contributed by atoms with van der Waals surface area (Å²) in [6.45, 7) is 6.07. The summed E-state index contributed by atoms with van der Waals surface area (Å²) in [5.74, 6) is 1.25. The lowest BCUT2D eigenvalue weighted by atomic mass is 10.2. The minimum atomic E-state index is -0.345. The topological polar surface area (TPSA) is 76.1 Å². The molecule has 1 aromatic heterocycles. The van der Waals surface area contributed by atoms with Gasteiger partial charge >= 0.3 is 0 Å².